The van der Waals surface area contributed by atoms with Crippen LogP contribution >= 0.6 is 11.6 Å². The average molecular weight is 227 g/mol. The van der Waals surface area contributed by atoms with Crippen molar-refractivity contribution in [3.8, 4) is 17.1 Å². The van der Waals surface area contributed by atoms with Crippen molar-refractivity contribution in [2.24, 2.45) is 0 Å². The van der Waals surface area contributed by atoms with Crippen molar-refractivity contribution in [3.63, 3.8) is 0 Å². The zero-order valence-corrected chi connectivity index (χ0v) is 8.72. The highest BCUT2D eigenvalue weighted by Gasteiger charge is 2.15. The molecule has 0 spiro atoms. The Bertz CT molecular complexity index is 466. The van der Waals surface area contributed by atoms with Crippen LogP contribution in [0.15, 0.2) is 34.9 Å². The zero-order valence-electron chi connectivity index (χ0n) is 7.96. The lowest BCUT2D eigenvalue weighted by atomic mass is 10.1. The molecule has 2 aromatic rings. The Morgan fingerprint density at radius 3 is 2.73 bits per heavy atom. The highest BCUT2D eigenvalue weighted by molar-refractivity contribution is 6.32. The molecule has 0 fully saturated rings. The number of ether oxygens (including phenoxy) is 1. The van der Waals surface area contributed by atoms with Crippen molar-refractivity contribution in [2.75, 3.05) is 7.11 Å². The van der Waals surface area contributed by atoms with Gasteiger partial charge in [0, 0.05) is 0 Å². The SMILES string of the molecule is COc1c(Cl)ccc(-c2ccco2)c1F. The van der Waals surface area contributed by atoms with E-state index < -0.39 is 5.82 Å². The summed E-state index contributed by atoms with van der Waals surface area (Å²) in [6.07, 6.45) is 1.48. The molecule has 2 nitrogen and oxygen atoms in total. The van der Waals surface area contributed by atoms with Gasteiger partial charge in [0.25, 0.3) is 0 Å². The van der Waals surface area contributed by atoms with Crippen molar-refractivity contribution >= 4 is 11.6 Å². The van der Waals surface area contributed by atoms with E-state index in [9.17, 15) is 4.39 Å². The summed E-state index contributed by atoms with van der Waals surface area (Å²) >= 11 is 5.77. The predicted molar refractivity (Wildman–Crippen MR) is 55.7 cm³/mol. The van der Waals surface area contributed by atoms with E-state index in [0.717, 1.165) is 0 Å². The van der Waals surface area contributed by atoms with Crippen LogP contribution in [0.4, 0.5) is 4.39 Å². The molecule has 0 aliphatic heterocycles. The van der Waals surface area contributed by atoms with Crippen LogP contribution in [-0.2, 0) is 0 Å². The molecule has 0 aliphatic rings. The first-order valence-corrected chi connectivity index (χ1v) is 4.67. The molecule has 2 rings (SSSR count). The fraction of sp³-hybridized carbons (Fsp3) is 0.0909. The number of hydrogen-bond acceptors (Lipinski definition) is 2. The smallest absolute Gasteiger partial charge is 0.177 e. The minimum Gasteiger partial charge on any atom is -0.492 e. The molecule has 1 aromatic heterocycles. The Balaban J connectivity index is 2.60. The van der Waals surface area contributed by atoms with Gasteiger partial charge in [0.15, 0.2) is 11.6 Å². The van der Waals surface area contributed by atoms with E-state index in [1.165, 1.54) is 13.4 Å². The summed E-state index contributed by atoms with van der Waals surface area (Å²) in [6, 6.07) is 6.49. The molecule has 78 valence electrons. The molecule has 0 bridgehead atoms. The van der Waals surface area contributed by atoms with E-state index in [-0.39, 0.29) is 10.8 Å². The van der Waals surface area contributed by atoms with E-state index >= 15 is 0 Å². The average Bonchev–Trinajstić information content (AvgIpc) is 2.71. The quantitative estimate of drug-likeness (QED) is 0.778. The van der Waals surface area contributed by atoms with Crippen LogP contribution in [0.25, 0.3) is 11.3 Å². The first kappa shape index (κ1) is 10.1. The monoisotopic (exact) mass is 226 g/mol. The third-order valence-electron chi connectivity index (χ3n) is 2.04. The maximum absolute atomic E-state index is 13.8. The van der Waals surface area contributed by atoms with Crippen LogP contribution in [0, 0.1) is 5.82 Å². The third-order valence-corrected chi connectivity index (χ3v) is 2.34. The fourth-order valence-electron chi connectivity index (χ4n) is 1.34. The van der Waals surface area contributed by atoms with Crippen molar-refractivity contribution in [3.05, 3.63) is 41.4 Å². The molecule has 1 heterocycles. The lowest BCUT2D eigenvalue weighted by Gasteiger charge is -2.07. The van der Waals surface area contributed by atoms with E-state index in [2.05, 4.69) is 0 Å². The van der Waals surface area contributed by atoms with Crippen molar-refractivity contribution in [1.82, 2.24) is 0 Å². The zero-order chi connectivity index (χ0) is 10.8. The van der Waals surface area contributed by atoms with Gasteiger partial charge in [-0.25, -0.2) is 4.39 Å². The van der Waals surface area contributed by atoms with Crippen molar-refractivity contribution in [2.45, 2.75) is 0 Å². The van der Waals surface area contributed by atoms with Gasteiger partial charge in [-0.15, -0.1) is 0 Å². The molecule has 0 unspecified atom stereocenters. The van der Waals surface area contributed by atoms with Crippen LogP contribution in [0.1, 0.15) is 0 Å². The standard InChI is InChI=1S/C11H8ClFO2/c1-14-11-8(12)5-4-7(10(11)13)9-3-2-6-15-9/h2-6H,1H3. The molecule has 0 aliphatic carbocycles. The fourth-order valence-corrected chi connectivity index (χ4v) is 1.56. The molecular weight excluding hydrogens is 219 g/mol. The number of methoxy groups -OCH3 is 1. The van der Waals surface area contributed by atoms with E-state index in [0.29, 0.717) is 11.3 Å². The Labute approximate surface area is 91.2 Å². The predicted octanol–water partition coefficient (Wildman–Crippen LogP) is 3.75. The van der Waals surface area contributed by atoms with Crippen molar-refractivity contribution < 1.29 is 13.5 Å². The van der Waals surface area contributed by atoms with Crippen LogP contribution < -0.4 is 4.74 Å². The van der Waals surface area contributed by atoms with E-state index in [1.54, 1.807) is 24.3 Å². The van der Waals surface area contributed by atoms with Gasteiger partial charge in [0.2, 0.25) is 0 Å². The summed E-state index contributed by atoms with van der Waals surface area (Å²) in [5.74, 6) is -0.0343. The minimum absolute atomic E-state index is 0.0329. The normalized spacial score (nSPS) is 10.3. The maximum atomic E-state index is 13.8. The second-order valence-electron chi connectivity index (χ2n) is 2.92. The van der Waals surface area contributed by atoms with Crippen LogP contribution in [0.5, 0.6) is 5.75 Å². The Morgan fingerprint density at radius 2 is 2.13 bits per heavy atom. The van der Waals surface area contributed by atoms with Gasteiger partial charge >= 0.3 is 0 Å². The van der Waals surface area contributed by atoms with Gasteiger partial charge in [0.1, 0.15) is 5.76 Å². The first-order chi connectivity index (χ1) is 7.24. The highest BCUT2D eigenvalue weighted by Crippen LogP contribution is 2.34. The van der Waals surface area contributed by atoms with E-state index in [1.807, 2.05) is 0 Å². The molecule has 0 saturated heterocycles. The largest absolute Gasteiger partial charge is 0.492 e. The second kappa shape index (κ2) is 3.95. The molecule has 0 saturated carbocycles. The Hall–Kier alpha value is -1.48. The number of rotatable bonds is 2. The molecule has 15 heavy (non-hydrogen) atoms. The lowest BCUT2D eigenvalue weighted by molar-refractivity contribution is 0.387. The Kier molecular flexibility index (Phi) is 2.64. The summed E-state index contributed by atoms with van der Waals surface area (Å²) < 4.78 is 23.8. The summed E-state index contributed by atoms with van der Waals surface area (Å²) in [6.45, 7) is 0. The van der Waals surface area contributed by atoms with Gasteiger partial charge in [-0.2, -0.15) is 0 Å². The third kappa shape index (κ3) is 1.70. The molecule has 0 amide bonds. The number of furan rings is 1. The Morgan fingerprint density at radius 1 is 1.33 bits per heavy atom. The van der Waals surface area contributed by atoms with E-state index in [4.69, 9.17) is 20.8 Å². The molecule has 1 aromatic carbocycles. The van der Waals surface area contributed by atoms with Crippen molar-refractivity contribution in [1.29, 1.82) is 0 Å². The second-order valence-corrected chi connectivity index (χ2v) is 3.33. The summed E-state index contributed by atoms with van der Waals surface area (Å²) in [7, 11) is 1.37. The summed E-state index contributed by atoms with van der Waals surface area (Å²) in [4.78, 5) is 0. The maximum Gasteiger partial charge on any atom is 0.177 e. The number of benzene rings is 1. The molecule has 0 atom stereocenters. The van der Waals surface area contributed by atoms with Gasteiger partial charge in [-0.1, -0.05) is 11.6 Å². The number of hydrogen-bond donors (Lipinski definition) is 0. The van der Waals surface area contributed by atoms with Crippen LogP contribution in [0.2, 0.25) is 5.02 Å². The lowest BCUT2D eigenvalue weighted by Crippen LogP contribution is -1.91. The van der Waals surface area contributed by atoms with Gasteiger partial charge in [-0.3, -0.25) is 0 Å². The molecule has 0 radical (unpaired) electrons. The van der Waals surface area contributed by atoms with Gasteiger partial charge < -0.3 is 9.15 Å². The van der Waals surface area contributed by atoms with Crippen LogP contribution in [0.3, 0.4) is 0 Å². The first-order valence-electron chi connectivity index (χ1n) is 4.30. The highest BCUT2D eigenvalue weighted by atomic mass is 35.5. The minimum atomic E-state index is -0.514. The summed E-state index contributed by atoms with van der Waals surface area (Å²) in [5.41, 5.74) is 0.334. The molecule has 4 heteroatoms. The van der Waals surface area contributed by atoms with Crippen LogP contribution in [-0.4, -0.2) is 7.11 Å². The number of halogens is 2. The topological polar surface area (TPSA) is 22.4 Å². The summed E-state index contributed by atoms with van der Waals surface area (Å²) in [5, 5.41) is 0.241. The molecular formula is C11H8ClFO2. The molecule has 0 N–H and O–H groups in total. The van der Waals surface area contributed by atoms with Gasteiger partial charge in [-0.05, 0) is 24.3 Å². The van der Waals surface area contributed by atoms with Gasteiger partial charge in [0.05, 0.1) is 24.0 Å².